The predicted octanol–water partition coefficient (Wildman–Crippen LogP) is 2.50. The molecule has 6 atom stereocenters. The van der Waals surface area contributed by atoms with Gasteiger partial charge in [0.2, 0.25) is 0 Å². The maximum Gasteiger partial charge on any atom is 0.0693 e. The largest absolute Gasteiger partial charge is 0.396 e. The molecule has 3 saturated carbocycles. The molecule has 6 unspecified atom stereocenters. The first kappa shape index (κ1) is 11.5. The molecule has 100 valence electrons. The van der Waals surface area contributed by atoms with E-state index in [1.807, 2.05) is 0 Å². The van der Waals surface area contributed by atoms with Crippen LogP contribution in [0.25, 0.3) is 0 Å². The first-order chi connectivity index (χ1) is 8.50. The topological polar surface area (TPSA) is 40.5 Å². The Balaban J connectivity index is 1.85. The smallest absolute Gasteiger partial charge is 0.0693 e. The van der Waals surface area contributed by atoms with Crippen LogP contribution in [0.15, 0.2) is 12.2 Å². The van der Waals surface area contributed by atoms with Gasteiger partial charge in [0, 0.05) is 6.61 Å². The summed E-state index contributed by atoms with van der Waals surface area (Å²) < 4.78 is 0. The van der Waals surface area contributed by atoms with E-state index in [0.29, 0.717) is 17.8 Å². The molecule has 0 amide bonds. The van der Waals surface area contributed by atoms with E-state index in [4.69, 9.17) is 0 Å². The Kier molecular flexibility index (Phi) is 2.05. The Bertz CT molecular complexity index is 413. The van der Waals surface area contributed by atoms with Crippen molar-refractivity contribution in [1.82, 2.24) is 0 Å². The van der Waals surface area contributed by atoms with Gasteiger partial charge in [-0.25, -0.2) is 0 Å². The van der Waals surface area contributed by atoms with Crippen LogP contribution < -0.4 is 0 Å². The fourth-order valence-corrected chi connectivity index (χ4v) is 5.96. The van der Waals surface area contributed by atoms with Gasteiger partial charge in [-0.05, 0) is 67.1 Å². The van der Waals surface area contributed by atoms with Crippen molar-refractivity contribution < 1.29 is 10.2 Å². The Hall–Kier alpha value is -0.340. The number of aliphatic hydroxyl groups excluding tert-OH is 1. The number of aliphatic hydroxyl groups is 2. The Morgan fingerprint density at radius 3 is 2.72 bits per heavy atom. The third-order valence-corrected chi connectivity index (χ3v) is 6.82. The molecule has 0 radical (unpaired) electrons. The van der Waals surface area contributed by atoms with E-state index in [1.54, 1.807) is 0 Å². The minimum Gasteiger partial charge on any atom is -0.396 e. The van der Waals surface area contributed by atoms with Crippen LogP contribution in [-0.2, 0) is 0 Å². The molecule has 0 aliphatic heterocycles. The van der Waals surface area contributed by atoms with Crippen LogP contribution in [0.5, 0.6) is 0 Å². The van der Waals surface area contributed by atoms with Crippen molar-refractivity contribution in [3.8, 4) is 0 Å². The van der Waals surface area contributed by atoms with Crippen molar-refractivity contribution >= 4 is 0 Å². The molecule has 18 heavy (non-hydrogen) atoms. The summed E-state index contributed by atoms with van der Waals surface area (Å²) in [7, 11) is 0. The van der Waals surface area contributed by atoms with Crippen LogP contribution in [0.4, 0.5) is 0 Å². The molecule has 0 saturated heterocycles. The zero-order valence-electron chi connectivity index (χ0n) is 11.2. The second-order valence-electron chi connectivity index (χ2n) is 7.91. The molecule has 2 N–H and O–H groups in total. The van der Waals surface area contributed by atoms with Crippen LogP contribution in [0, 0.1) is 28.6 Å². The van der Waals surface area contributed by atoms with Crippen molar-refractivity contribution in [1.29, 1.82) is 0 Å². The molecule has 0 aromatic rings. The summed E-state index contributed by atoms with van der Waals surface area (Å²) in [6.07, 6.45) is 11.2. The lowest BCUT2D eigenvalue weighted by molar-refractivity contribution is -0.169. The number of rotatable bonds is 1. The third-order valence-electron chi connectivity index (χ3n) is 6.82. The lowest BCUT2D eigenvalue weighted by atomic mass is 9.51. The second kappa shape index (κ2) is 3.21. The fraction of sp³-hybridized carbons (Fsp3) is 0.875. The molecule has 0 aromatic heterocycles. The van der Waals surface area contributed by atoms with Gasteiger partial charge < -0.3 is 10.2 Å². The van der Waals surface area contributed by atoms with Gasteiger partial charge in [0.05, 0.1) is 5.60 Å². The van der Waals surface area contributed by atoms with Crippen LogP contribution in [0.2, 0.25) is 0 Å². The van der Waals surface area contributed by atoms with Crippen molar-refractivity contribution in [3.63, 3.8) is 0 Å². The highest BCUT2D eigenvalue weighted by atomic mass is 16.3. The quantitative estimate of drug-likeness (QED) is 0.700. The maximum atomic E-state index is 11.2. The average Bonchev–Trinajstić information content (AvgIpc) is 2.26. The van der Waals surface area contributed by atoms with Gasteiger partial charge in [0.15, 0.2) is 0 Å². The first-order valence-corrected chi connectivity index (χ1v) is 7.51. The van der Waals surface area contributed by atoms with E-state index in [9.17, 15) is 10.2 Å². The minimum atomic E-state index is -0.502. The third kappa shape index (κ3) is 1.21. The summed E-state index contributed by atoms with van der Waals surface area (Å²) in [6.45, 7) is 2.64. The van der Waals surface area contributed by atoms with Gasteiger partial charge in [-0.1, -0.05) is 19.1 Å². The van der Waals surface area contributed by atoms with Gasteiger partial charge in [0.25, 0.3) is 0 Å². The lowest BCUT2D eigenvalue weighted by Crippen LogP contribution is -2.57. The maximum absolute atomic E-state index is 11.2. The first-order valence-electron chi connectivity index (χ1n) is 7.51. The van der Waals surface area contributed by atoms with Gasteiger partial charge in [-0.2, -0.15) is 0 Å². The molecule has 0 spiro atoms. The summed E-state index contributed by atoms with van der Waals surface area (Å²) in [5.74, 6) is 1.49. The van der Waals surface area contributed by atoms with Crippen LogP contribution in [0.3, 0.4) is 0 Å². The molecule has 2 heteroatoms. The highest BCUT2D eigenvalue weighted by molar-refractivity contribution is 5.21. The number of hydrogen-bond donors (Lipinski definition) is 2. The molecular formula is C16H24O2. The molecule has 4 rings (SSSR count). The van der Waals surface area contributed by atoms with Crippen molar-refractivity contribution in [2.75, 3.05) is 6.61 Å². The molecule has 4 aliphatic rings. The van der Waals surface area contributed by atoms with Crippen LogP contribution in [0.1, 0.15) is 45.4 Å². The number of allylic oxidation sites excluding steroid dienone is 2. The van der Waals surface area contributed by atoms with E-state index >= 15 is 0 Å². The Labute approximate surface area is 109 Å². The Morgan fingerprint density at radius 1 is 1.22 bits per heavy atom. The van der Waals surface area contributed by atoms with Crippen molar-refractivity contribution in [3.05, 3.63) is 12.2 Å². The normalized spacial score (nSPS) is 60.9. The van der Waals surface area contributed by atoms with E-state index in [2.05, 4.69) is 19.1 Å². The fourth-order valence-electron chi connectivity index (χ4n) is 5.96. The highest BCUT2D eigenvalue weighted by Crippen LogP contribution is 2.68. The summed E-state index contributed by atoms with van der Waals surface area (Å²) >= 11 is 0. The summed E-state index contributed by atoms with van der Waals surface area (Å²) in [5, 5.41) is 21.1. The van der Waals surface area contributed by atoms with Crippen LogP contribution in [-0.4, -0.2) is 22.4 Å². The number of fused-ring (bicyclic) bond motifs is 4. The molecule has 4 aliphatic carbocycles. The van der Waals surface area contributed by atoms with Gasteiger partial charge in [0.1, 0.15) is 0 Å². The monoisotopic (exact) mass is 248 g/mol. The molecule has 2 nitrogen and oxygen atoms in total. The van der Waals surface area contributed by atoms with E-state index in [0.717, 1.165) is 32.1 Å². The summed E-state index contributed by atoms with van der Waals surface area (Å²) in [5.41, 5.74) is -0.204. The molecule has 3 bridgehead atoms. The average molecular weight is 248 g/mol. The van der Waals surface area contributed by atoms with Crippen LogP contribution >= 0.6 is 0 Å². The zero-order valence-corrected chi connectivity index (χ0v) is 11.2. The SMILES string of the molecule is CC12CC3C=CC1CC1(CO)CCC1C(O)(C3)C2. The zero-order chi connectivity index (χ0) is 12.6. The lowest BCUT2D eigenvalue weighted by Gasteiger charge is -2.56. The molecule has 0 heterocycles. The number of hydrogen-bond acceptors (Lipinski definition) is 2. The van der Waals surface area contributed by atoms with E-state index < -0.39 is 5.60 Å². The molecule has 0 aromatic carbocycles. The second-order valence-corrected chi connectivity index (χ2v) is 7.91. The molecular weight excluding hydrogens is 224 g/mol. The minimum absolute atomic E-state index is 0.0285. The van der Waals surface area contributed by atoms with E-state index in [-0.39, 0.29) is 17.4 Å². The van der Waals surface area contributed by atoms with Gasteiger partial charge >= 0.3 is 0 Å². The van der Waals surface area contributed by atoms with Crippen molar-refractivity contribution in [2.24, 2.45) is 28.6 Å². The van der Waals surface area contributed by atoms with Crippen molar-refractivity contribution in [2.45, 2.75) is 51.0 Å². The summed E-state index contributed by atoms with van der Waals surface area (Å²) in [4.78, 5) is 0. The predicted molar refractivity (Wildman–Crippen MR) is 69.9 cm³/mol. The van der Waals surface area contributed by atoms with E-state index in [1.165, 1.54) is 6.42 Å². The Morgan fingerprint density at radius 2 is 2.06 bits per heavy atom. The van der Waals surface area contributed by atoms with Gasteiger partial charge in [-0.15, -0.1) is 0 Å². The van der Waals surface area contributed by atoms with Gasteiger partial charge in [-0.3, -0.25) is 0 Å². The summed E-state index contributed by atoms with van der Waals surface area (Å²) in [6, 6.07) is 0. The molecule has 3 fully saturated rings. The standard InChI is InChI=1S/C16H24O2/c1-14-6-11-2-3-12(14)8-15(10-17)5-4-13(15)16(18,7-11)9-14/h2-3,11-13,17-18H,4-10H2,1H3. The highest BCUT2D eigenvalue weighted by Gasteiger charge is 2.64.